The minimum absolute atomic E-state index is 0.0133. The Morgan fingerprint density at radius 2 is 2.36 bits per heavy atom. The highest BCUT2D eigenvalue weighted by Crippen LogP contribution is 2.51. The SMILES string of the molecule is COCC1(C2CC2)CNCC1C(N)=O. The molecule has 0 radical (unpaired) electrons. The maximum absolute atomic E-state index is 11.4. The van der Waals surface area contributed by atoms with Gasteiger partial charge in [0.15, 0.2) is 0 Å². The van der Waals surface area contributed by atoms with Crippen molar-refractivity contribution in [2.24, 2.45) is 23.0 Å². The van der Waals surface area contributed by atoms with E-state index in [1.165, 1.54) is 12.8 Å². The molecule has 1 aliphatic carbocycles. The second-order valence-electron chi connectivity index (χ2n) is 4.53. The average Bonchev–Trinajstić information content (AvgIpc) is 2.89. The summed E-state index contributed by atoms with van der Waals surface area (Å²) >= 11 is 0. The van der Waals surface area contributed by atoms with Gasteiger partial charge in [-0.2, -0.15) is 0 Å². The molecule has 0 aromatic heterocycles. The summed E-state index contributed by atoms with van der Waals surface area (Å²) in [5, 5.41) is 3.27. The molecule has 2 atom stereocenters. The van der Waals surface area contributed by atoms with Crippen LogP contribution in [0.25, 0.3) is 0 Å². The lowest BCUT2D eigenvalue weighted by Gasteiger charge is -2.32. The van der Waals surface area contributed by atoms with Gasteiger partial charge in [0.25, 0.3) is 0 Å². The van der Waals surface area contributed by atoms with Crippen molar-refractivity contribution in [1.82, 2.24) is 5.32 Å². The number of methoxy groups -OCH3 is 1. The summed E-state index contributed by atoms with van der Waals surface area (Å²) < 4.78 is 5.26. The van der Waals surface area contributed by atoms with Crippen molar-refractivity contribution in [2.75, 3.05) is 26.8 Å². The van der Waals surface area contributed by atoms with E-state index in [4.69, 9.17) is 10.5 Å². The summed E-state index contributed by atoms with van der Waals surface area (Å²) in [6.45, 7) is 2.24. The molecule has 2 fully saturated rings. The third-order valence-electron chi connectivity index (χ3n) is 3.64. The van der Waals surface area contributed by atoms with Crippen LogP contribution in [0, 0.1) is 17.3 Å². The standard InChI is InChI=1S/C10H18N2O2/c1-14-6-10(7-2-3-7)5-12-4-8(10)9(11)13/h7-8,12H,2-6H2,1H3,(H2,11,13). The van der Waals surface area contributed by atoms with Crippen molar-refractivity contribution in [3.8, 4) is 0 Å². The fourth-order valence-electron chi connectivity index (χ4n) is 2.78. The van der Waals surface area contributed by atoms with Crippen molar-refractivity contribution in [3.05, 3.63) is 0 Å². The first kappa shape index (κ1) is 9.93. The topological polar surface area (TPSA) is 64.3 Å². The van der Waals surface area contributed by atoms with Crippen molar-refractivity contribution in [2.45, 2.75) is 12.8 Å². The van der Waals surface area contributed by atoms with E-state index in [0.717, 1.165) is 13.1 Å². The molecule has 14 heavy (non-hydrogen) atoms. The van der Waals surface area contributed by atoms with Gasteiger partial charge in [-0.05, 0) is 18.8 Å². The molecule has 80 valence electrons. The Bertz CT molecular complexity index is 240. The Morgan fingerprint density at radius 3 is 2.86 bits per heavy atom. The number of hydrogen-bond acceptors (Lipinski definition) is 3. The van der Waals surface area contributed by atoms with E-state index in [1.54, 1.807) is 7.11 Å². The molecule has 1 aliphatic heterocycles. The van der Waals surface area contributed by atoms with E-state index in [2.05, 4.69) is 5.32 Å². The third kappa shape index (κ3) is 1.42. The van der Waals surface area contributed by atoms with Crippen LogP contribution < -0.4 is 11.1 Å². The average molecular weight is 198 g/mol. The van der Waals surface area contributed by atoms with Gasteiger partial charge in [0.2, 0.25) is 5.91 Å². The summed E-state index contributed by atoms with van der Waals surface area (Å²) in [7, 11) is 1.69. The predicted octanol–water partition coefficient (Wildman–Crippen LogP) is -0.266. The lowest BCUT2D eigenvalue weighted by atomic mass is 9.74. The second kappa shape index (κ2) is 3.51. The molecule has 1 saturated carbocycles. The number of ether oxygens (including phenoxy) is 1. The van der Waals surface area contributed by atoms with Crippen LogP contribution in [-0.4, -0.2) is 32.7 Å². The summed E-state index contributed by atoms with van der Waals surface area (Å²) in [4.78, 5) is 11.4. The summed E-state index contributed by atoms with van der Waals surface area (Å²) in [5.41, 5.74) is 5.42. The molecule has 2 rings (SSSR count). The van der Waals surface area contributed by atoms with Gasteiger partial charge in [0.05, 0.1) is 12.5 Å². The van der Waals surface area contributed by atoms with Crippen LogP contribution >= 0.6 is 0 Å². The van der Waals surface area contributed by atoms with Crippen LogP contribution in [0.1, 0.15) is 12.8 Å². The highest BCUT2D eigenvalue weighted by Gasteiger charge is 2.54. The molecule has 1 amide bonds. The monoisotopic (exact) mass is 198 g/mol. The maximum atomic E-state index is 11.4. The highest BCUT2D eigenvalue weighted by molar-refractivity contribution is 5.78. The molecule has 4 heteroatoms. The number of hydrogen-bond donors (Lipinski definition) is 2. The van der Waals surface area contributed by atoms with E-state index in [9.17, 15) is 4.79 Å². The number of rotatable bonds is 4. The smallest absolute Gasteiger partial charge is 0.222 e. The van der Waals surface area contributed by atoms with Crippen LogP contribution in [0.2, 0.25) is 0 Å². The molecule has 0 aromatic carbocycles. The summed E-state index contributed by atoms with van der Waals surface area (Å²) in [5.74, 6) is 0.406. The molecule has 0 aromatic rings. The molecule has 0 bridgehead atoms. The van der Waals surface area contributed by atoms with Gasteiger partial charge in [-0.25, -0.2) is 0 Å². The fraction of sp³-hybridized carbons (Fsp3) is 0.900. The first-order valence-electron chi connectivity index (χ1n) is 5.19. The van der Waals surface area contributed by atoms with Gasteiger partial charge < -0.3 is 15.8 Å². The Balaban J connectivity index is 2.18. The summed E-state index contributed by atoms with van der Waals surface area (Å²) in [6, 6.07) is 0. The zero-order valence-corrected chi connectivity index (χ0v) is 8.58. The van der Waals surface area contributed by atoms with Crippen LogP contribution in [0.5, 0.6) is 0 Å². The number of amides is 1. The highest BCUT2D eigenvalue weighted by atomic mass is 16.5. The van der Waals surface area contributed by atoms with Gasteiger partial charge in [0, 0.05) is 25.6 Å². The van der Waals surface area contributed by atoms with E-state index in [0.29, 0.717) is 12.5 Å². The van der Waals surface area contributed by atoms with E-state index >= 15 is 0 Å². The van der Waals surface area contributed by atoms with Crippen LogP contribution in [0.3, 0.4) is 0 Å². The molecule has 2 unspecified atom stereocenters. The molecule has 2 aliphatic rings. The Hall–Kier alpha value is -0.610. The predicted molar refractivity (Wildman–Crippen MR) is 52.6 cm³/mol. The minimum atomic E-state index is -0.182. The van der Waals surface area contributed by atoms with E-state index in [-0.39, 0.29) is 17.2 Å². The first-order valence-corrected chi connectivity index (χ1v) is 5.19. The van der Waals surface area contributed by atoms with Crippen LogP contribution in [0.4, 0.5) is 0 Å². The molecule has 0 spiro atoms. The van der Waals surface area contributed by atoms with Gasteiger partial charge >= 0.3 is 0 Å². The lowest BCUT2D eigenvalue weighted by molar-refractivity contribution is -0.126. The van der Waals surface area contributed by atoms with E-state index in [1.807, 2.05) is 0 Å². The van der Waals surface area contributed by atoms with Gasteiger partial charge in [-0.1, -0.05) is 0 Å². The minimum Gasteiger partial charge on any atom is -0.384 e. The zero-order chi connectivity index (χ0) is 10.2. The molecular formula is C10H18N2O2. The molecule has 4 nitrogen and oxygen atoms in total. The maximum Gasteiger partial charge on any atom is 0.222 e. The third-order valence-corrected chi connectivity index (χ3v) is 3.64. The summed E-state index contributed by atoms with van der Waals surface area (Å²) in [6.07, 6.45) is 2.43. The van der Waals surface area contributed by atoms with Gasteiger partial charge in [0.1, 0.15) is 0 Å². The van der Waals surface area contributed by atoms with Crippen molar-refractivity contribution < 1.29 is 9.53 Å². The lowest BCUT2D eigenvalue weighted by Crippen LogP contribution is -2.43. The molecule has 1 saturated heterocycles. The van der Waals surface area contributed by atoms with E-state index < -0.39 is 0 Å². The van der Waals surface area contributed by atoms with Gasteiger partial charge in [-0.15, -0.1) is 0 Å². The Morgan fingerprint density at radius 1 is 1.64 bits per heavy atom. The number of carbonyl (C=O) groups excluding carboxylic acids is 1. The Labute approximate surface area is 84.2 Å². The van der Waals surface area contributed by atoms with Crippen LogP contribution in [0.15, 0.2) is 0 Å². The molecular weight excluding hydrogens is 180 g/mol. The first-order chi connectivity index (χ1) is 6.70. The molecule has 1 heterocycles. The normalized spacial score (nSPS) is 37.4. The quantitative estimate of drug-likeness (QED) is 0.654. The second-order valence-corrected chi connectivity index (χ2v) is 4.53. The fourth-order valence-corrected chi connectivity index (χ4v) is 2.78. The number of carbonyl (C=O) groups is 1. The number of primary amides is 1. The number of nitrogens with one attached hydrogen (secondary N) is 1. The largest absolute Gasteiger partial charge is 0.384 e. The Kier molecular flexibility index (Phi) is 2.49. The van der Waals surface area contributed by atoms with Crippen molar-refractivity contribution in [3.63, 3.8) is 0 Å². The van der Waals surface area contributed by atoms with Crippen molar-refractivity contribution >= 4 is 5.91 Å². The van der Waals surface area contributed by atoms with Crippen molar-refractivity contribution in [1.29, 1.82) is 0 Å². The number of nitrogens with two attached hydrogens (primary N) is 1. The van der Waals surface area contributed by atoms with Crippen LogP contribution in [-0.2, 0) is 9.53 Å². The zero-order valence-electron chi connectivity index (χ0n) is 8.58. The van der Waals surface area contributed by atoms with Gasteiger partial charge in [-0.3, -0.25) is 4.79 Å². The molecule has 3 N–H and O–H groups in total.